The summed E-state index contributed by atoms with van der Waals surface area (Å²) in [4.78, 5) is 39.3. The quantitative estimate of drug-likeness (QED) is 0.192. The van der Waals surface area contributed by atoms with Gasteiger partial charge in [-0.2, -0.15) is 13.2 Å². The van der Waals surface area contributed by atoms with E-state index in [9.17, 15) is 27.6 Å². The second-order valence-corrected chi connectivity index (χ2v) is 10.7. The molecule has 0 aliphatic carbocycles. The van der Waals surface area contributed by atoms with Gasteiger partial charge in [0.2, 0.25) is 0 Å². The molecule has 0 saturated heterocycles. The molecule has 0 aliphatic heterocycles. The minimum absolute atomic E-state index is 0.0837. The van der Waals surface area contributed by atoms with Crippen molar-refractivity contribution in [3.05, 3.63) is 92.9 Å². The largest absolute Gasteiger partial charge is 0.488 e. The molecule has 0 unspecified atom stereocenters. The van der Waals surface area contributed by atoms with E-state index in [-0.39, 0.29) is 24.4 Å². The number of nitrogens with one attached hydrogen (secondary N) is 4. The van der Waals surface area contributed by atoms with Crippen molar-refractivity contribution in [1.82, 2.24) is 14.9 Å². The maximum absolute atomic E-state index is 13.8. The van der Waals surface area contributed by atoms with Gasteiger partial charge in [0.15, 0.2) is 0 Å². The van der Waals surface area contributed by atoms with E-state index in [1.165, 1.54) is 34.9 Å². The molecule has 0 aliphatic rings. The monoisotopic (exact) mass is 597 g/mol. The number of alkyl halides is 3. The highest BCUT2D eigenvalue weighted by molar-refractivity contribution is 5.97. The number of rotatable bonds is 8. The second-order valence-electron chi connectivity index (χ2n) is 10.7. The zero-order valence-corrected chi connectivity index (χ0v) is 23.8. The number of aromatic nitrogens is 2. The van der Waals surface area contributed by atoms with Crippen LogP contribution in [0, 0.1) is 5.41 Å². The van der Waals surface area contributed by atoms with Crippen LogP contribution in [0.3, 0.4) is 0 Å². The molecule has 0 radical (unpaired) electrons. The van der Waals surface area contributed by atoms with E-state index in [2.05, 4.69) is 15.6 Å². The average molecular weight is 598 g/mol. The number of carbonyl (C=O) groups is 2. The Morgan fingerprint density at radius 1 is 1.02 bits per heavy atom. The van der Waals surface area contributed by atoms with Gasteiger partial charge < -0.3 is 25.2 Å². The Balaban J connectivity index is 1.47. The number of amides is 2. The molecular formula is C30H30F3N5O5. The van der Waals surface area contributed by atoms with Crippen LogP contribution < -0.4 is 21.1 Å². The fourth-order valence-electron chi connectivity index (χ4n) is 4.20. The molecule has 0 atom stereocenters. The lowest BCUT2D eigenvalue weighted by molar-refractivity contribution is -0.139. The number of aromatic amines is 1. The van der Waals surface area contributed by atoms with Crippen molar-refractivity contribution in [2.24, 2.45) is 7.05 Å². The molecule has 10 nitrogen and oxygen atoms in total. The zero-order chi connectivity index (χ0) is 31.5. The minimum Gasteiger partial charge on any atom is -0.488 e. The van der Waals surface area contributed by atoms with Crippen LogP contribution in [0.25, 0.3) is 11.0 Å². The smallest absolute Gasteiger partial charge is 0.419 e. The van der Waals surface area contributed by atoms with Gasteiger partial charge in [0.1, 0.15) is 18.0 Å². The summed E-state index contributed by atoms with van der Waals surface area (Å²) in [5, 5.41) is 12.9. The van der Waals surface area contributed by atoms with Gasteiger partial charge in [-0.25, -0.2) is 9.59 Å². The number of H-pyrrole nitrogens is 1. The van der Waals surface area contributed by atoms with Gasteiger partial charge in [-0.3, -0.25) is 14.7 Å². The van der Waals surface area contributed by atoms with Crippen LogP contribution in [0.4, 0.5) is 23.7 Å². The molecule has 2 amide bonds. The van der Waals surface area contributed by atoms with Crippen molar-refractivity contribution in [2.45, 2.75) is 45.7 Å². The first kappa shape index (κ1) is 30.9. The first-order valence-electron chi connectivity index (χ1n) is 13.1. The number of hydrogen-bond acceptors (Lipinski definition) is 6. The third kappa shape index (κ3) is 7.61. The molecule has 3 aromatic carbocycles. The predicted octanol–water partition coefficient (Wildman–Crippen LogP) is 5.74. The lowest BCUT2D eigenvalue weighted by atomic mass is 10.1. The topological polar surface area (TPSA) is 138 Å². The number of ether oxygens (including phenoxy) is 2. The van der Waals surface area contributed by atoms with Gasteiger partial charge in [0.25, 0.3) is 5.91 Å². The summed E-state index contributed by atoms with van der Waals surface area (Å²) >= 11 is 0. The van der Waals surface area contributed by atoms with Gasteiger partial charge in [-0.1, -0.05) is 12.1 Å². The van der Waals surface area contributed by atoms with E-state index in [1.54, 1.807) is 46.0 Å². The van der Waals surface area contributed by atoms with Crippen molar-refractivity contribution < 1.29 is 32.2 Å². The van der Waals surface area contributed by atoms with Gasteiger partial charge >= 0.3 is 18.0 Å². The molecular weight excluding hydrogens is 567 g/mol. The Bertz CT molecular complexity index is 1750. The average Bonchev–Trinajstić information content (AvgIpc) is 3.21. The van der Waals surface area contributed by atoms with Crippen molar-refractivity contribution in [1.29, 1.82) is 5.41 Å². The molecule has 0 spiro atoms. The van der Waals surface area contributed by atoms with E-state index in [0.29, 0.717) is 33.4 Å². The van der Waals surface area contributed by atoms with E-state index in [4.69, 9.17) is 14.9 Å². The molecule has 43 heavy (non-hydrogen) atoms. The zero-order valence-electron chi connectivity index (χ0n) is 23.8. The Morgan fingerprint density at radius 3 is 2.42 bits per heavy atom. The first-order valence-corrected chi connectivity index (χ1v) is 13.1. The Kier molecular flexibility index (Phi) is 8.65. The van der Waals surface area contributed by atoms with Crippen LogP contribution in [0.2, 0.25) is 0 Å². The third-order valence-corrected chi connectivity index (χ3v) is 6.27. The molecule has 4 rings (SSSR count). The lowest BCUT2D eigenvalue weighted by Gasteiger charge is -2.20. The number of halogens is 3. The third-order valence-electron chi connectivity index (χ3n) is 6.27. The SMILES string of the molecule is Cn1c(=O)[nH]c2cc(C(=O)NCc3ccc(C(F)(F)F)c(OCc4ccc(NC(=O)OC(C)(C)C)c(C=N)c4)c3)ccc21. The number of fused-ring (bicyclic) bond motifs is 1. The standard InChI is InChI=1S/C30H30F3N5O5/c1-29(2,3)43-28(41)37-22-9-6-18(11-20(22)14-34)16-42-25-12-17(5-8-21(25)30(31,32)33)15-35-26(39)19-7-10-24-23(13-19)36-27(40)38(24)4/h5-14,34H,15-16H2,1-4H3,(H,35,39)(H,36,40)(H,37,41). The molecule has 4 aromatic rings. The first-order chi connectivity index (χ1) is 20.1. The maximum Gasteiger partial charge on any atom is 0.419 e. The van der Waals surface area contributed by atoms with Crippen molar-refractivity contribution in [3.63, 3.8) is 0 Å². The van der Waals surface area contributed by atoms with Gasteiger partial charge in [0, 0.05) is 30.9 Å². The number of carbonyl (C=O) groups excluding carboxylic acids is 2. The molecule has 1 aromatic heterocycles. The van der Waals surface area contributed by atoms with Crippen molar-refractivity contribution >= 4 is 34.9 Å². The molecule has 4 N–H and O–H groups in total. The van der Waals surface area contributed by atoms with Gasteiger partial charge in [-0.05, 0) is 74.4 Å². The summed E-state index contributed by atoms with van der Waals surface area (Å²) in [5.41, 5.74) is 0.730. The van der Waals surface area contributed by atoms with E-state index < -0.39 is 35.1 Å². The number of imidazole rings is 1. The number of aryl methyl sites for hydroxylation is 1. The van der Waals surface area contributed by atoms with Crippen LogP contribution in [0.1, 0.15) is 53.4 Å². The summed E-state index contributed by atoms with van der Waals surface area (Å²) in [6.07, 6.45) is -4.41. The van der Waals surface area contributed by atoms with E-state index >= 15 is 0 Å². The normalized spacial score (nSPS) is 11.7. The maximum atomic E-state index is 13.8. The Morgan fingerprint density at radius 2 is 1.74 bits per heavy atom. The van der Waals surface area contributed by atoms with Gasteiger partial charge in [-0.15, -0.1) is 0 Å². The highest BCUT2D eigenvalue weighted by Crippen LogP contribution is 2.37. The minimum atomic E-state index is -4.69. The van der Waals surface area contributed by atoms with Crippen LogP contribution in [0.5, 0.6) is 5.75 Å². The molecule has 0 saturated carbocycles. The Hall–Kier alpha value is -5.07. The summed E-state index contributed by atoms with van der Waals surface area (Å²) < 4.78 is 53.5. The second kappa shape index (κ2) is 12.0. The highest BCUT2D eigenvalue weighted by Gasteiger charge is 2.34. The van der Waals surface area contributed by atoms with Crippen molar-refractivity contribution in [3.8, 4) is 5.75 Å². The summed E-state index contributed by atoms with van der Waals surface area (Å²) in [6.45, 7) is 4.77. The van der Waals surface area contributed by atoms with Crippen LogP contribution in [-0.2, 0) is 31.1 Å². The number of anilines is 1. The van der Waals surface area contributed by atoms with E-state index in [1.807, 2.05) is 0 Å². The number of benzene rings is 3. The molecule has 1 heterocycles. The van der Waals surface area contributed by atoms with Crippen molar-refractivity contribution in [2.75, 3.05) is 5.32 Å². The fourth-order valence-corrected chi connectivity index (χ4v) is 4.20. The highest BCUT2D eigenvalue weighted by atomic mass is 19.4. The van der Waals surface area contributed by atoms with E-state index in [0.717, 1.165) is 12.3 Å². The van der Waals surface area contributed by atoms with Crippen LogP contribution in [-0.4, -0.2) is 33.4 Å². The predicted molar refractivity (Wildman–Crippen MR) is 155 cm³/mol. The van der Waals surface area contributed by atoms with Gasteiger partial charge in [0.05, 0.1) is 22.3 Å². The number of nitrogens with zero attached hydrogens (tertiary/aromatic N) is 1. The molecule has 0 bridgehead atoms. The van der Waals surface area contributed by atoms with Crippen LogP contribution in [0.15, 0.2) is 59.4 Å². The molecule has 226 valence electrons. The lowest BCUT2D eigenvalue weighted by Crippen LogP contribution is -2.27. The van der Waals surface area contributed by atoms with Crippen LogP contribution >= 0.6 is 0 Å². The fraction of sp³-hybridized carbons (Fsp3) is 0.267. The summed E-state index contributed by atoms with van der Waals surface area (Å²) in [7, 11) is 1.59. The molecule has 0 fully saturated rings. The Labute approximate surface area is 244 Å². The summed E-state index contributed by atoms with van der Waals surface area (Å²) in [6, 6.07) is 12.6. The molecule has 13 heteroatoms. The number of hydrogen-bond donors (Lipinski definition) is 4. The summed E-state index contributed by atoms with van der Waals surface area (Å²) in [5.74, 6) is -0.914.